The summed E-state index contributed by atoms with van der Waals surface area (Å²) in [5.41, 5.74) is 6.79. The Balaban J connectivity index is 2.20. The maximum atomic E-state index is 13.0. The quantitative estimate of drug-likeness (QED) is 0.893. The summed E-state index contributed by atoms with van der Waals surface area (Å²) in [5.74, 6) is -2.16. The molecule has 0 heterocycles. The molecule has 5 heteroatoms. The van der Waals surface area contributed by atoms with E-state index < -0.39 is 17.5 Å². The van der Waals surface area contributed by atoms with Crippen molar-refractivity contribution in [3.05, 3.63) is 65.2 Å². The van der Waals surface area contributed by atoms with Crippen molar-refractivity contribution < 1.29 is 13.6 Å². The second kappa shape index (κ2) is 5.58. The molecule has 2 rings (SSSR count). The van der Waals surface area contributed by atoms with E-state index in [4.69, 9.17) is 5.73 Å². The third kappa shape index (κ3) is 3.35. The molecule has 0 bridgehead atoms. The summed E-state index contributed by atoms with van der Waals surface area (Å²) >= 11 is 0. The summed E-state index contributed by atoms with van der Waals surface area (Å²) in [6, 6.07) is 9.60. The number of amides is 1. The van der Waals surface area contributed by atoms with Gasteiger partial charge in [0.05, 0.1) is 0 Å². The number of hydrogen-bond donors (Lipinski definition) is 2. The van der Waals surface area contributed by atoms with Crippen LogP contribution in [-0.4, -0.2) is 5.91 Å². The van der Waals surface area contributed by atoms with Gasteiger partial charge in [-0.05, 0) is 29.8 Å². The Hall–Kier alpha value is -2.27. The van der Waals surface area contributed by atoms with Crippen LogP contribution in [0.3, 0.4) is 0 Å². The first-order valence-corrected chi connectivity index (χ1v) is 5.65. The third-order valence-electron chi connectivity index (χ3n) is 2.55. The van der Waals surface area contributed by atoms with Crippen molar-refractivity contribution in [3.63, 3.8) is 0 Å². The van der Waals surface area contributed by atoms with Gasteiger partial charge in [-0.2, -0.15) is 0 Å². The fraction of sp³-hybridized carbons (Fsp3) is 0.0714. The number of carbonyl (C=O) groups excluding carboxylic acids is 1. The summed E-state index contributed by atoms with van der Waals surface area (Å²) in [4.78, 5) is 11.8. The Kier molecular flexibility index (Phi) is 3.87. The van der Waals surface area contributed by atoms with E-state index in [1.165, 1.54) is 0 Å². The molecule has 0 spiro atoms. The van der Waals surface area contributed by atoms with Crippen molar-refractivity contribution in [2.75, 3.05) is 5.32 Å². The first kappa shape index (κ1) is 13.2. The standard InChI is InChI=1S/C14H12F2N2O/c15-11-5-10(6-12(16)7-11)14(19)18-13-3-1-2-9(4-13)8-17/h1-7H,8,17H2,(H,18,19). The first-order valence-electron chi connectivity index (χ1n) is 5.65. The van der Waals surface area contributed by atoms with Crippen LogP contribution in [0.2, 0.25) is 0 Å². The highest BCUT2D eigenvalue weighted by atomic mass is 19.1. The Morgan fingerprint density at radius 1 is 1.11 bits per heavy atom. The monoisotopic (exact) mass is 262 g/mol. The minimum Gasteiger partial charge on any atom is -0.326 e. The molecule has 2 aromatic carbocycles. The van der Waals surface area contributed by atoms with Crippen LogP contribution in [0.5, 0.6) is 0 Å². The van der Waals surface area contributed by atoms with Gasteiger partial charge in [-0.25, -0.2) is 8.78 Å². The van der Waals surface area contributed by atoms with Gasteiger partial charge in [-0.1, -0.05) is 12.1 Å². The SMILES string of the molecule is NCc1cccc(NC(=O)c2cc(F)cc(F)c2)c1. The summed E-state index contributed by atoms with van der Waals surface area (Å²) in [7, 11) is 0. The second-order valence-electron chi connectivity index (χ2n) is 4.02. The number of carbonyl (C=O) groups is 1. The van der Waals surface area contributed by atoms with Gasteiger partial charge in [-0.15, -0.1) is 0 Å². The van der Waals surface area contributed by atoms with Gasteiger partial charge in [0.1, 0.15) is 11.6 Å². The fourth-order valence-electron chi connectivity index (χ4n) is 1.66. The first-order chi connectivity index (χ1) is 9.08. The second-order valence-corrected chi connectivity index (χ2v) is 4.02. The van der Waals surface area contributed by atoms with Crippen molar-refractivity contribution in [2.45, 2.75) is 6.54 Å². The molecule has 0 aliphatic heterocycles. The van der Waals surface area contributed by atoms with Gasteiger partial charge in [0.25, 0.3) is 5.91 Å². The van der Waals surface area contributed by atoms with Crippen LogP contribution in [0.1, 0.15) is 15.9 Å². The largest absolute Gasteiger partial charge is 0.326 e. The predicted octanol–water partition coefficient (Wildman–Crippen LogP) is 2.68. The maximum Gasteiger partial charge on any atom is 0.255 e. The molecular formula is C14H12F2N2O. The molecule has 98 valence electrons. The van der Waals surface area contributed by atoms with E-state index in [1.807, 2.05) is 6.07 Å². The number of halogens is 2. The molecule has 0 fully saturated rings. The normalized spacial score (nSPS) is 10.3. The van der Waals surface area contributed by atoms with Crippen LogP contribution in [0.15, 0.2) is 42.5 Å². The van der Waals surface area contributed by atoms with Crippen LogP contribution in [-0.2, 0) is 6.54 Å². The van der Waals surface area contributed by atoms with E-state index in [0.717, 1.165) is 17.7 Å². The highest BCUT2D eigenvalue weighted by Gasteiger charge is 2.09. The van der Waals surface area contributed by atoms with E-state index in [9.17, 15) is 13.6 Å². The van der Waals surface area contributed by atoms with E-state index in [-0.39, 0.29) is 5.56 Å². The Morgan fingerprint density at radius 3 is 2.42 bits per heavy atom. The average molecular weight is 262 g/mol. The number of rotatable bonds is 3. The van der Waals surface area contributed by atoms with Crippen LogP contribution >= 0.6 is 0 Å². The topological polar surface area (TPSA) is 55.1 Å². The van der Waals surface area contributed by atoms with Crippen molar-refractivity contribution in [3.8, 4) is 0 Å². The predicted molar refractivity (Wildman–Crippen MR) is 68.6 cm³/mol. The highest BCUT2D eigenvalue weighted by Crippen LogP contribution is 2.13. The maximum absolute atomic E-state index is 13.0. The van der Waals surface area contributed by atoms with Gasteiger partial charge in [0.15, 0.2) is 0 Å². The molecule has 0 unspecified atom stereocenters. The lowest BCUT2D eigenvalue weighted by atomic mass is 10.1. The number of benzene rings is 2. The van der Waals surface area contributed by atoms with Gasteiger partial charge in [-0.3, -0.25) is 4.79 Å². The summed E-state index contributed by atoms with van der Waals surface area (Å²) in [6.07, 6.45) is 0. The summed E-state index contributed by atoms with van der Waals surface area (Å²) < 4.78 is 26.0. The minimum absolute atomic E-state index is 0.0735. The lowest BCUT2D eigenvalue weighted by molar-refractivity contribution is 0.102. The Bertz CT molecular complexity index is 594. The van der Waals surface area contributed by atoms with Crippen molar-refractivity contribution in [2.24, 2.45) is 5.73 Å². The molecular weight excluding hydrogens is 250 g/mol. The van der Waals surface area contributed by atoms with Gasteiger partial charge in [0, 0.05) is 23.9 Å². The van der Waals surface area contributed by atoms with E-state index in [1.54, 1.807) is 18.2 Å². The van der Waals surface area contributed by atoms with Crippen molar-refractivity contribution in [1.29, 1.82) is 0 Å². The number of anilines is 1. The smallest absolute Gasteiger partial charge is 0.255 e. The number of hydrogen-bond acceptors (Lipinski definition) is 2. The van der Waals surface area contributed by atoms with Gasteiger partial charge < -0.3 is 11.1 Å². The zero-order valence-corrected chi connectivity index (χ0v) is 9.99. The average Bonchev–Trinajstić information content (AvgIpc) is 2.37. The minimum atomic E-state index is -0.791. The van der Waals surface area contributed by atoms with Crippen LogP contribution in [0, 0.1) is 11.6 Å². The van der Waals surface area contributed by atoms with Gasteiger partial charge >= 0.3 is 0 Å². The molecule has 0 aliphatic carbocycles. The Morgan fingerprint density at radius 2 is 1.79 bits per heavy atom. The molecule has 0 radical (unpaired) electrons. The van der Waals surface area contributed by atoms with Crippen LogP contribution in [0.4, 0.5) is 14.5 Å². The molecule has 0 saturated carbocycles. The molecule has 0 aromatic heterocycles. The number of nitrogens with one attached hydrogen (secondary N) is 1. The Labute approximate surface area is 109 Å². The molecule has 1 amide bonds. The highest BCUT2D eigenvalue weighted by molar-refractivity contribution is 6.04. The fourth-order valence-corrected chi connectivity index (χ4v) is 1.66. The lowest BCUT2D eigenvalue weighted by Crippen LogP contribution is -2.13. The van der Waals surface area contributed by atoms with E-state index >= 15 is 0 Å². The molecule has 3 N–H and O–H groups in total. The molecule has 3 nitrogen and oxygen atoms in total. The summed E-state index contributed by atoms with van der Waals surface area (Å²) in [5, 5.41) is 2.56. The van der Waals surface area contributed by atoms with Crippen molar-refractivity contribution in [1.82, 2.24) is 0 Å². The molecule has 0 atom stereocenters. The van der Waals surface area contributed by atoms with Crippen molar-refractivity contribution >= 4 is 11.6 Å². The molecule has 0 aliphatic rings. The van der Waals surface area contributed by atoms with Crippen LogP contribution in [0.25, 0.3) is 0 Å². The molecule has 0 saturated heterocycles. The van der Waals surface area contributed by atoms with Crippen LogP contribution < -0.4 is 11.1 Å². The summed E-state index contributed by atoms with van der Waals surface area (Å²) in [6.45, 7) is 0.346. The zero-order valence-electron chi connectivity index (χ0n) is 9.99. The number of nitrogens with two attached hydrogens (primary N) is 1. The van der Waals surface area contributed by atoms with Gasteiger partial charge in [0.2, 0.25) is 0 Å². The molecule has 2 aromatic rings. The third-order valence-corrected chi connectivity index (χ3v) is 2.55. The van der Waals surface area contributed by atoms with E-state index in [2.05, 4.69) is 5.32 Å². The lowest BCUT2D eigenvalue weighted by Gasteiger charge is -2.07. The van der Waals surface area contributed by atoms with E-state index in [0.29, 0.717) is 18.3 Å². The molecule has 19 heavy (non-hydrogen) atoms. The zero-order chi connectivity index (χ0) is 13.8.